The molecule has 2 aliphatic rings. The number of hydrogen-bond donors (Lipinski definition) is 0. The Morgan fingerprint density at radius 2 is 1.14 bits per heavy atom. The lowest BCUT2D eigenvalue weighted by atomic mass is 9.66. The Bertz CT molecular complexity index is 674. The van der Waals surface area contributed by atoms with Crippen molar-refractivity contribution in [2.45, 2.75) is 44.7 Å². The van der Waals surface area contributed by atoms with E-state index in [-0.39, 0.29) is 24.1 Å². The van der Waals surface area contributed by atoms with Crippen LogP contribution in [-0.2, 0) is 9.31 Å². The first-order valence-corrected chi connectivity index (χ1v) is 7.95. The van der Waals surface area contributed by atoms with Crippen LogP contribution in [0, 0.1) is 0 Å². The topological polar surface area (TPSA) is 18.5 Å². The average Bonchev–Trinajstić information content (AvgIpc) is 2.90. The Balaban J connectivity index is 1.83. The second kappa shape index (κ2) is 4.47. The molecule has 0 aromatic heterocycles. The summed E-state index contributed by atoms with van der Waals surface area (Å²) in [5.74, 6) is 0.147. The van der Waals surface area contributed by atoms with E-state index >= 15 is 0 Å². The van der Waals surface area contributed by atoms with Crippen molar-refractivity contribution in [1.29, 1.82) is 0 Å². The van der Waals surface area contributed by atoms with Crippen LogP contribution < -0.4 is 0 Å². The van der Waals surface area contributed by atoms with Gasteiger partial charge in [-0.15, -0.1) is 0 Å². The third-order valence-electron chi connectivity index (χ3n) is 5.43. The van der Waals surface area contributed by atoms with Gasteiger partial charge in [-0.2, -0.15) is 0 Å². The summed E-state index contributed by atoms with van der Waals surface area (Å²) in [4.78, 5) is 0. The Labute approximate surface area is 132 Å². The zero-order valence-corrected chi connectivity index (χ0v) is 13.6. The van der Waals surface area contributed by atoms with Crippen molar-refractivity contribution in [1.82, 2.24) is 0 Å². The highest BCUT2D eigenvalue weighted by atomic mass is 16.7. The van der Waals surface area contributed by atoms with Gasteiger partial charge in [0.2, 0.25) is 0 Å². The van der Waals surface area contributed by atoms with Crippen LogP contribution >= 0.6 is 0 Å². The van der Waals surface area contributed by atoms with Crippen LogP contribution in [0.25, 0.3) is 11.1 Å². The highest BCUT2D eigenvalue weighted by Gasteiger charge is 2.55. The maximum absolute atomic E-state index is 6.34. The third kappa shape index (κ3) is 1.82. The van der Waals surface area contributed by atoms with E-state index in [9.17, 15) is 0 Å². The number of benzene rings is 2. The molecule has 0 saturated carbocycles. The van der Waals surface area contributed by atoms with Crippen molar-refractivity contribution >= 4 is 7.12 Å². The minimum Gasteiger partial charge on any atom is -0.403 e. The van der Waals surface area contributed by atoms with Crippen LogP contribution in [0.15, 0.2) is 48.5 Å². The van der Waals surface area contributed by atoms with Gasteiger partial charge in [-0.25, -0.2) is 0 Å². The summed E-state index contributed by atoms with van der Waals surface area (Å²) in [6.45, 7) is 8.44. The maximum atomic E-state index is 6.34. The van der Waals surface area contributed by atoms with E-state index in [1.54, 1.807) is 0 Å². The maximum Gasteiger partial charge on any atom is 0.470 e. The van der Waals surface area contributed by atoms with Gasteiger partial charge in [-0.05, 0) is 49.9 Å². The molecule has 112 valence electrons. The molecule has 2 nitrogen and oxygen atoms in total. The molecule has 2 aromatic rings. The number of fused-ring (bicyclic) bond motifs is 3. The van der Waals surface area contributed by atoms with E-state index < -0.39 is 0 Å². The molecule has 0 atom stereocenters. The molecule has 0 radical (unpaired) electrons. The molecule has 2 aromatic carbocycles. The first kappa shape index (κ1) is 14.0. The molecular weight excluding hydrogens is 271 g/mol. The van der Waals surface area contributed by atoms with Crippen LogP contribution in [-0.4, -0.2) is 18.3 Å². The van der Waals surface area contributed by atoms with Gasteiger partial charge >= 0.3 is 7.12 Å². The van der Waals surface area contributed by atoms with Gasteiger partial charge in [0, 0.05) is 5.82 Å². The summed E-state index contributed by atoms with van der Waals surface area (Å²) in [7, 11) is -0.241. The predicted octanol–water partition coefficient (Wildman–Crippen LogP) is 4.43. The molecule has 0 bridgehead atoms. The predicted molar refractivity (Wildman–Crippen MR) is 89.8 cm³/mol. The average molecular weight is 292 g/mol. The Kier molecular flexibility index (Phi) is 2.85. The minimum absolute atomic E-state index is 0.147. The fourth-order valence-corrected chi connectivity index (χ4v) is 3.51. The van der Waals surface area contributed by atoms with E-state index in [0.29, 0.717) is 0 Å². The molecule has 4 rings (SSSR count). The van der Waals surface area contributed by atoms with Crippen LogP contribution in [0.4, 0.5) is 0 Å². The zero-order valence-electron chi connectivity index (χ0n) is 13.6. The highest BCUT2D eigenvalue weighted by Crippen LogP contribution is 2.50. The first-order valence-electron chi connectivity index (χ1n) is 7.95. The summed E-state index contributed by atoms with van der Waals surface area (Å²) in [5.41, 5.74) is 4.62. The van der Waals surface area contributed by atoms with E-state index in [1.807, 2.05) is 0 Å². The van der Waals surface area contributed by atoms with Crippen molar-refractivity contribution < 1.29 is 9.31 Å². The lowest BCUT2D eigenvalue weighted by Crippen LogP contribution is -2.41. The van der Waals surface area contributed by atoms with Crippen LogP contribution in [0.5, 0.6) is 0 Å². The van der Waals surface area contributed by atoms with Crippen molar-refractivity contribution in [3.8, 4) is 11.1 Å². The van der Waals surface area contributed by atoms with Crippen molar-refractivity contribution in [2.24, 2.45) is 0 Å². The van der Waals surface area contributed by atoms with Crippen molar-refractivity contribution in [2.75, 3.05) is 0 Å². The molecule has 1 heterocycles. The Morgan fingerprint density at radius 3 is 1.59 bits per heavy atom. The molecular formula is C19H21BO2. The van der Waals surface area contributed by atoms with E-state index in [0.717, 1.165) is 0 Å². The van der Waals surface area contributed by atoms with Crippen molar-refractivity contribution in [3.05, 3.63) is 59.7 Å². The SMILES string of the molecule is CC1(C)OB(C2c3ccccc3-c3ccccc32)OC1(C)C. The summed E-state index contributed by atoms with van der Waals surface area (Å²) >= 11 is 0. The van der Waals surface area contributed by atoms with Crippen LogP contribution in [0.3, 0.4) is 0 Å². The molecule has 22 heavy (non-hydrogen) atoms. The second-order valence-electron chi connectivity index (χ2n) is 7.28. The van der Waals surface area contributed by atoms with Gasteiger partial charge < -0.3 is 9.31 Å². The van der Waals surface area contributed by atoms with E-state index in [2.05, 4.69) is 76.2 Å². The van der Waals surface area contributed by atoms with Crippen LogP contribution in [0.1, 0.15) is 44.6 Å². The monoisotopic (exact) mass is 292 g/mol. The largest absolute Gasteiger partial charge is 0.470 e. The highest BCUT2D eigenvalue weighted by molar-refractivity contribution is 6.49. The first-order chi connectivity index (χ1) is 10.4. The fourth-order valence-electron chi connectivity index (χ4n) is 3.51. The molecule has 1 aliphatic heterocycles. The fraction of sp³-hybridized carbons (Fsp3) is 0.368. The van der Waals surface area contributed by atoms with Gasteiger partial charge in [-0.3, -0.25) is 0 Å². The Hall–Kier alpha value is -1.58. The summed E-state index contributed by atoms with van der Waals surface area (Å²) < 4.78 is 12.7. The van der Waals surface area contributed by atoms with Crippen molar-refractivity contribution in [3.63, 3.8) is 0 Å². The molecule has 0 N–H and O–H groups in total. The normalized spacial score (nSPS) is 21.7. The standard InChI is InChI=1S/C19H21BO2/c1-18(2)19(3,4)22-20(21-18)17-15-11-7-5-9-13(15)14-10-6-8-12-16(14)17/h5-12,17H,1-4H3. The summed E-state index contributed by atoms with van der Waals surface area (Å²) in [5, 5.41) is 0. The molecule has 1 saturated heterocycles. The minimum atomic E-state index is -0.301. The summed E-state index contributed by atoms with van der Waals surface area (Å²) in [6, 6.07) is 17.2. The Morgan fingerprint density at radius 1 is 0.727 bits per heavy atom. The zero-order chi connectivity index (χ0) is 15.5. The smallest absolute Gasteiger partial charge is 0.403 e. The lowest BCUT2D eigenvalue weighted by Gasteiger charge is -2.32. The van der Waals surface area contributed by atoms with E-state index in [4.69, 9.17) is 9.31 Å². The van der Waals surface area contributed by atoms with Gasteiger partial charge in [0.25, 0.3) is 0 Å². The molecule has 0 amide bonds. The molecule has 3 heteroatoms. The number of rotatable bonds is 1. The molecule has 0 unspecified atom stereocenters. The third-order valence-corrected chi connectivity index (χ3v) is 5.43. The van der Waals surface area contributed by atoms with Gasteiger partial charge in [0.1, 0.15) is 0 Å². The van der Waals surface area contributed by atoms with Crippen LogP contribution in [0.2, 0.25) is 0 Å². The summed E-state index contributed by atoms with van der Waals surface area (Å²) in [6.07, 6.45) is 0. The quantitative estimate of drug-likeness (QED) is 0.724. The van der Waals surface area contributed by atoms with Gasteiger partial charge in [-0.1, -0.05) is 48.5 Å². The second-order valence-corrected chi connectivity index (χ2v) is 7.28. The molecule has 1 fully saturated rings. The number of hydrogen-bond acceptors (Lipinski definition) is 2. The lowest BCUT2D eigenvalue weighted by molar-refractivity contribution is 0.00578. The van der Waals surface area contributed by atoms with Gasteiger partial charge in [0.15, 0.2) is 0 Å². The molecule has 1 aliphatic carbocycles. The molecule has 0 spiro atoms. The van der Waals surface area contributed by atoms with E-state index in [1.165, 1.54) is 22.3 Å². The van der Waals surface area contributed by atoms with Gasteiger partial charge in [0.05, 0.1) is 11.2 Å².